The summed E-state index contributed by atoms with van der Waals surface area (Å²) in [5.74, 6) is 0.785. The lowest BCUT2D eigenvalue weighted by atomic mass is 10.1. The molecule has 0 saturated heterocycles. The zero-order valence-electron chi connectivity index (χ0n) is 21.3. The maximum atomic E-state index is 13.4. The molecule has 0 unspecified atom stereocenters. The van der Waals surface area contributed by atoms with E-state index in [0.717, 1.165) is 11.1 Å². The Kier molecular flexibility index (Phi) is 8.67. The van der Waals surface area contributed by atoms with Crippen LogP contribution < -0.4 is 19.0 Å². The van der Waals surface area contributed by atoms with Crippen molar-refractivity contribution in [3.8, 4) is 17.2 Å². The fraction of sp³-hybridized carbons (Fsp3) is 0.138. The fourth-order valence-electron chi connectivity index (χ4n) is 3.74. The van der Waals surface area contributed by atoms with Crippen LogP contribution in [0.2, 0.25) is 0 Å². The van der Waals surface area contributed by atoms with Gasteiger partial charge < -0.3 is 23.9 Å². The highest BCUT2D eigenvalue weighted by Gasteiger charge is 2.19. The van der Waals surface area contributed by atoms with Gasteiger partial charge in [-0.1, -0.05) is 36.4 Å². The molecule has 0 aliphatic rings. The van der Waals surface area contributed by atoms with Crippen LogP contribution in [0.25, 0.3) is 0 Å². The van der Waals surface area contributed by atoms with Crippen LogP contribution in [0.4, 0.5) is 14.9 Å². The van der Waals surface area contributed by atoms with Gasteiger partial charge >= 0.3 is 16.1 Å². The second kappa shape index (κ2) is 12.3. The number of halogens is 1. The van der Waals surface area contributed by atoms with Gasteiger partial charge in [0.15, 0.2) is 0 Å². The van der Waals surface area contributed by atoms with Gasteiger partial charge in [0.25, 0.3) is 0 Å². The van der Waals surface area contributed by atoms with Gasteiger partial charge in [-0.3, -0.25) is 0 Å². The molecular weight excluding hydrogens is 523 g/mol. The number of nitrogens with one attached hydrogen (secondary N) is 1. The van der Waals surface area contributed by atoms with Crippen molar-refractivity contribution in [1.29, 1.82) is 0 Å². The van der Waals surface area contributed by atoms with Crippen LogP contribution >= 0.6 is 0 Å². The first-order valence-corrected chi connectivity index (χ1v) is 13.3. The van der Waals surface area contributed by atoms with Crippen LogP contribution in [-0.4, -0.2) is 33.6 Å². The molecule has 0 aliphatic carbocycles. The summed E-state index contributed by atoms with van der Waals surface area (Å²) in [6.45, 7) is 0.384. The van der Waals surface area contributed by atoms with Crippen molar-refractivity contribution >= 4 is 21.8 Å². The van der Waals surface area contributed by atoms with E-state index in [1.54, 1.807) is 53.4 Å². The van der Waals surface area contributed by atoms with Gasteiger partial charge in [-0.05, 0) is 71.8 Å². The van der Waals surface area contributed by atoms with E-state index in [4.69, 9.17) is 13.7 Å². The Hall–Kier alpha value is -4.57. The van der Waals surface area contributed by atoms with Crippen molar-refractivity contribution in [3.63, 3.8) is 0 Å². The number of nitrogens with zero attached hydrogens (tertiary/aromatic N) is 1. The lowest BCUT2D eigenvalue weighted by molar-refractivity contribution is 0.206. The lowest BCUT2D eigenvalue weighted by Crippen LogP contribution is -2.34. The number of rotatable bonds is 10. The predicted molar refractivity (Wildman–Crippen MR) is 145 cm³/mol. The number of carbonyl (C=O) groups is 1. The first-order valence-electron chi connectivity index (χ1n) is 11.9. The van der Waals surface area contributed by atoms with E-state index in [9.17, 15) is 17.6 Å². The number of ether oxygens (including phenoxy) is 2. The Morgan fingerprint density at radius 3 is 1.92 bits per heavy atom. The standard InChI is InChI=1S/C29H27FN2O6S/c1-36-24-15-17-26(18-16-24)39(34,35)38-25-13-9-22(10-14-25)20-32(19-21-7-11-23(30)12-8-21)29(33)31-27-5-3-4-6-28(27)37-2/h3-18H,19-20H2,1-2H3,(H,31,33). The van der Waals surface area contributed by atoms with Crippen molar-refractivity contribution in [2.24, 2.45) is 0 Å². The van der Waals surface area contributed by atoms with E-state index in [2.05, 4.69) is 5.32 Å². The highest BCUT2D eigenvalue weighted by Crippen LogP contribution is 2.25. The summed E-state index contributed by atoms with van der Waals surface area (Å²) in [6, 6.07) is 24.8. The highest BCUT2D eigenvalue weighted by atomic mass is 32.2. The number of benzene rings is 4. The van der Waals surface area contributed by atoms with Crippen molar-refractivity contribution in [2.75, 3.05) is 19.5 Å². The third-order valence-corrected chi connectivity index (χ3v) is 7.03. The monoisotopic (exact) mass is 550 g/mol. The van der Waals surface area contributed by atoms with E-state index in [1.165, 1.54) is 62.8 Å². The van der Waals surface area contributed by atoms with Gasteiger partial charge in [0.1, 0.15) is 28.0 Å². The largest absolute Gasteiger partial charge is 0.497 e. The fourth-order valence-corrected chi connectivity index (χ4v) is 4.67. The lowest BCUT2D eigenvalue weighted by Gasteiger charge is -2.24. The molecule has 0 bridgehead atoms. The minimum atomic E-state index is -4.05. The number of urea groups is 1. The van der Waals surface area contributed by atoms with Gasteiger partial charge in [0, 0.05) is 13.1 Å². The van der Waals surface area contributed by atoms with E-state index in [0.29, 0.717) is 17.2 Å². The first kappa shape index (κ1) is 27.5. The van der Waals surface area contributed by atoms with Crippen LogP contribution in [-0.2, 0) is 23.2 Å². The molecule has 39 heavy (non-hydrogen) atoms. The average molecular weight is 551 g/mol. The molecule has 0 aliphatic heterocycles. The molecule has 0 spiro atoms. The van der Waals surface area contributed by atoms with E-state index < -0.39 is 16.1 Å². The average Bonchev–Trinajstić information content (AvgIpc) is 2.95. The first-order chi connectivity index (χ1) is 18.8. The van der Waals surface area contributed by atoms with Crippen molar-refractivity contribution in [2.45, 2.75) is 18.0 Å². The minimum absolute atomic E-state index is 0.00846. The Bertz CT molecular complexity index is 1510. The van der Waals surface area contributed by atoms with Crippen molar-refractivity contribution in [3.05, 3.63) is 114 Å². The number of hydrogen-bond donors (Lipinski definition) is 1. The van der Waals surface area contributed by atoms with Crippen molar-refractivity contribution < 1.29 is 31.3 Å². The Labute approximate surface area is 226 Å². The van der Waals surface area contributed by atoms with Crippen LogP contribution in [0.5, 0.6) is 17.2 Å². The van der Waals surface area contributed by atoms with Gasteiger partial charge in [-0.25, -0.2) is 9.18 Å². The minimum Gasteiger partial charge on any atom is -0.497 e. The maximum absolute atomic E-state index is 13.4. The Morgan fingerprint density at radius 2 is 1.33 bits per heavy atom. The molecule has 0 aromatic heterocycles. The molecule has 0 heterocycles. The molecular formula is C29H27FN2O6S. The third kappa shape index (κ3) is 7.26. The predicted octanol–water partition coefficient (Wildman–Crippen LogP) is 5.84. The summed E-state index contributed by atoms with van der Waals surface area (Å²) in [5, 5.41) is 2.86. The second-order valence-electron chi connectivity index (χ2n) is 8.47. The maximum Gasteiger partial charge on any atom is 0.339 e. The summed E-state index contributed by atoms with van der Waals surface area (Å²) in [4.78, 5) is 14.8. The van der Waals surface area contributed by atoms with E-state index in [-0.39, 0.29) is 29.6 Å². The SMILES string of the molecule is COc1ccc(S(=O)(=O)Oc2ccc(CN(Cc3ccc(F)cc3)C(=O)Nc3ccccc3OC)cc2)cc1. The van der Waals surface area contributed by atoms with Gasteiger partial charge in [-0.2, -0.15) is 8.42 Å². The molecule has 10 heteroatoms. The zero-order chi connectivity index (χ0) is 27.8. The topological polar surface area (TPSA) is 94.2 Å². The summed E-state index contributed by atoms with van der Waals surface area (Å²) < 4.78 is 54.4. The van der Waals surface area contributed by atoms with Gasteiger partial charge in [0.05, 0.1) is 19.9 Å². The Balaban J connectivity index is 1.50. The molecule has 0 radical (unpaired) electrons. The number of methoxy groups -OCH3 is 2. The highest BCUT2D eigenvalue weighted by molar-refractivity contribution is 7.87. The second-order valence-corrected chi connectivity index (χ2v) is 10.0. The van der Waals surface area contributed by atoms with E-state index >= 15 is 0 Å². The molecule has 0 saturated carbocycles. The third-order valence-electron chi connectivity index (χ3n) is 5.77. The summed E-state index contributed by atoms with van der Waals surface area (Å²) >= 11 is 0. The molecule has 0 fully saturated rings. The zero-order valence-corrected chi connectivity index (χ0v) is 22.2. The van der Waals surface area contributed by atoms with Crippen LogP contribution in [0.15, 0.2) is 102 Å². The number of anilines is 1. The Morgan fingerprint density at radius 1 is 0.769 bits per heavy atom. The summed E-state index contributed by atoms with van der Waals surface area (Å²) in [6.07, 6.45) is 0. The van der Waals surface area contributed by atoms with Gasteiger partial charge in [0.2, 0.25) is 0 Å². The quantitative estimate of drug-likeness (QED) is 0.249. The van der Waals surface area contributed by atoms with E-state index in [1.807, 2.05) is 0 Å². The van der Waals surface area contributed by atoms with Crippen molar-refractivity contribution in [1.82, 2.24) is 4.90 Å². The van der Waals surface area contributed by atoms with Crippen LogP contribution in [0, 0.1) is 5.82 Å². The van der Waals surface area contributed by atoms with Crippen LogP contribution in [0.3, 0.4) is 0 Å². The molecule has 4 aromatic rings. The number of carbonyl (C=O) groups excluding carboxylic acids is 1. The summed E-state index contributed by atoms with van der Waals surface area (Å²) in [7, 11) is -1.04. The molecule has 0 atom stereocenters. The number of amides is 2. The number of para-hydroxylation sites is 2. The number of hydrogen-bond acceptors (Lipinski definition) is 6. The van der Waals surface area contributed by atoms with Crippen LogP contribution in [0.1, 0.15) is 11.1 Å². The molecule has 4 aromatic carbocycles. The molecule has 202 valence electrons. The smallest absolute Gasteiger partial charge is 0.339 e. The molecule has 4 rings (SSSR count). The normalized spacial score (nSPS) is 10.9. The molecule has 1 N–H and O–H groups in total. The summed E-state index contributed by atoms with van der Waals surface area (Å²) in [5.41, 5.74) is 1.96. The van der Waals surface area contributed by atoms with Gasteiger partial charge in [-0.15, -0.1) is 0 Å². The molecule has 8 nitrogen and oxygen atoms in total. The molecule has 2 amide bonds.